The summed E-state index contributed by atoms with van der Waals surface area (Å²) >= 11 is 0. The Balaban J connectivity index is 0.000000900. The first kappa shape index (κ1) is 36.3. The highest BCUT2D eigenvalue weighted by molar-refractivity contribution is 7.89. The molecular weight excluding hydrogens is 623 g/mol. The van der Waals surface area contributed by atoms with Crippen LogP contribution in [0.15, 0.2) is 70.1 Å². The maximum atomic E-state index is 13.3. The van der Waals surface area contributed by atoms with E-state index in [2.05, 4.69) is 15.6 Å². The first-order valence-electron chi connectivity index (χ1n) is 12.9. The van der Waals surface area contributed by atoms with E-state index in [0.29, 0.717) is 41.0 Å². The van der Waals surface area contributed by atoms with Gasteiger partial charge < -0.3 is 25.6 Å². The van der Waals surface area contributed by atoms with E-state index in [-0.39, 0.29) is 23.0 Å². The third-order valence-corrected chi connectivity index (χ3v) is 6.93. The van der Waals surface area contributed by atoms with Crippen molar-refractivity contribution in [1.82, 2.24) is 5.32 Å². The molecule has 45 heavy (non-hydrogen) atoms. The molecule has 244 valence electrons. The Hall–Kier alpha value is -4.90. The fourth-order valence-corrected chi connectivity index (χ4v) is 4.34. The number of benzene rings is 2. The number of allylic oxidation sites excluding steroid dienone is 3. The monoisotopic (exact) mass is 655 g/mol. The number of carboxylic acids is 1. The van der Waals surface area contributed by atoms with Crippen molar-refractivity contribution < 1.29 is 50.6 Å². The molecule has 7 N–H and O–H groups in total. The summed E-state index contributed by atoms with van der Waals surface area (Å²) in [5, 5.41) is 17.6. The molecule has 1 aliphatic rings. The van der Waals surface area contributed by atoms with Crippen LogP contribution >= 0.6 is 0 Å². The Kier molecular flexibility index (Phi) is 12.7. The van der Waals surface area contributed by atoms with E-state index in [0.717, 1.165) is 0 Å². The summed E-state index contributed by atoms with van der Waals surface area (Å²) in [4.78, 5) is 39.0. The lowest BCUT2D eigenvalue weighted by atomic mass is 9.98. The second-order valence-corrected chi connectivity index (χ2v) is 10.9. The van der Waals surface area contributed by atoms with Crippen molar-refractivity contribution in [2.75, 3.05) is 19.5 Å². The number of hydrogen-bond donors (Lipinski definition) is 5. The fraction of sp³-hybridized carbons (Fsp3) is 0.286. The molecule has 13 nitrogen and oxygen atoms in total. The van der Waals surface area contributed by atoms with Crippen LogP contribution in [0.2, 0.25) is 0 Å². The molecule has 0 unspecified atom stereocenters. The van der Waals surface area contributed by atoms with Crippen LogP contribution in [0.25, 0.3) is 0 Å². The topological polar surface area (TPSA) is 212 Å². The third-order valence-electron chi connectivity index (χ3n) is 6.02. The van der Waals surface area contributed by atoms with E-state index in [1.165, 1.54) is 26.4 Å². The van der Waals surface area contributed by atoms with E-state index in [9.17, 15) is 31.2 Å². The molecule has 0 saturated carbocycles. The molecule has 0 aliphatic heterocycles. The van der Waals surface area contributed by atoms with Crippen LogP contribution in [0, 0.1) is 6.92 Å². The predicted octanol–water partition coefficient (Wildman–Crippen LogP) is 2.55. The number of nitrogens with one attached hydrogen (secondary N) is 2. The number of aryl methyl sites for hydroxylation is 1. The number of rotatable bonds is 9. The Labute approximate surface area is 256 Å². The maximum absolute atomic E-state index is 13.3. The van der Waals surface area contributed by atoms with Crippen molar-refractivity contribution in [1.29, 1.82) is 0 Å². The number of methoxy groups -OCH3 is 2. The number of ether oxygens (including phenoxy) is 2. The molecule has 0 aromatic heterocycles. The Morgan fingerprint density at radius 1 is 1.07 bits per heavy atom. The highest BCUT2D eigenvalue weighted by Gasteiger charge is 2.38. The first-order chi connectivity index (χ1) is 21.0. The van der Waals surface area contributed by atoms with Gasteiger partial charge in [-0.15, -0.1) is 0 Å². The van der Waals surface area contributed by atoms with Crippen LogP contribution in [0.1, 0.15) is 24.0 Å². The van der Waals surface area contributed by atoms with Gasteiger partial charge in [-0.1, -0.05) is 30.4 Å². The number of aliphatic imine (C=N–C) groups is 1. The minimum atomic E-state index is -5.08. The van der Waals surface area contributed by atoms with Crippen molar-refractivity contribution in [3.05, 3.63) is 71.3 Å². The number of anilines is 1. The number of nitrogens with zero attached hydrogens (tertiary/aromatic N) is 1. The molecule has 1 atom stereocenters. The number of sulfonamides is 1. The molecule has 0 fully saturated rings. The van der Waals surface area contributed by atoms with Gasteiger partial charge in [-0.05, 0) is 60.7 Å². The highest BCUT2D eigenvalue weighted by Crippen LogP contribution is 2.28. The number of guanidine groups is 1. The number of carbonyl (C=O) groups excluding carboxylic acids is 2. The quantitative estimate of drug-likeness (QED) is 0.152. The van der Waals surface area contributed by atoms with Gasteiger partial charge in [0.2, 0.25) is 15.9 Å². The van der Waals surface area contributed by atoms with Crippen LogP contribution in [0.5, 0.6) is 11.5 Å². The van der Waals surface area contributed by atoms with E-state index < -0.39 is 40.0 Å². The summed E-state index contributed by atoms with van der Waals surface area (Å²) in [6, 6.07) is 8.22. The molecule has 0 spiro atoms. The number of carbonyl (C=O) groups is 3. The van der Waals surface area contributed by atoms with Gasteiger partial charge in [0.25, 0.3) is 5.91 Å². The van der Waals surface area contributed by atoms with Crippen LogP contribution < -0.4 is 31.0 Å². The van der Waals surface area contributed by atoms with Crippen LogP contribution in [0.3, 0.4) is 0 Å². The maximum Gasteiger partial charge on any atom is 0.490 e. The Morgan fingerprint density at radius 3 is 2.24 bits per heavy atom. The Bertz CT molecular complexity index is 1620. The van der Waals surface area contributed by atoms with Gasteiger partial charge in [0.1, 0.15) is 0 Å². The number of halogens is 3. The average molecular weight is 656 g/mol. The SMILES string of the molecule is COc1ccc(CC(=O)NC(N)=N[C@@H](C(=O)Nc2cc(S(N)(=O)=O)ccc2C)C2=CCC=CC2)cc1OC.O=C(O)C(F)(F)F. The lowest BCUT2D eigenvalue weighted by molar-refractivity contribution is -0.192. The van der Waals surface area contributed by atoms with Gasteiger partial charge in [0.05, 0.1) is 25.5 Å². The summed E-state index contributed by atoms with van der Waals surface area (Å²) in [5.74, 6) is -2.96. The van der Waals surface area contributed by atoms with Gasteiger partial charge >= 0.3 is 12.1 Å². The predicted molar refractivity (Wildman–Crippen MR) is 158 cm³/mol. The number of aliphatic carboxylic acids is 1. The van der Waals surface area contributed by atoms with E-state index in [1.54, 1.807) is 31.2 Å². The van der Waals surface area contributed by atoms with Crippen molar-refractivity contribution in [3.63, 3.8) is 0 Å². The second-order valence-electron chi connectivity index (χ2n) is 9.34. The smallest absolute Gasteiger partial charge is 0.490 e. The number of hydrogen-bond acceptors (Lipinski definition) is 8. The minimum absolute atomic E-state index is 0.0155. The van der Waals surface area contributed by atoms with E-state index in [4.69, 9.17) is 30.2 Å². The zero-order chi connectivity index (χ0) is 33.9. The summed E-state index contributed by atoms with van der Waals surface area (Å²) < 4.78 is 65.7. The standard InChI is InChI=1S/C26H31N5O6S.C2HF3O2/c1-16-9-11-19(38(28,34)35)15-20(16)29-25(33)24(18-7-5-4-6-8-18)31-26(27)30-23(32)14-17-10-12-21(36-2)22(13-17)37-3;3-2(4,5)1(6)7/h4-5,8-13,15,24H,6-7,14H2,1-3H3,(H,29,33)(H2,28,34,35)(H3,27,30,31,32);(H,6,7)/t24-;/m1./s1. The van der Waals surface area contributed by atoms with E-state index >= 15 is 0 Å². The number of alkyl halides is 3. The molecular formula is C28H32F3N5O8S. The Morgan fingerprint density at radius 2 is 1.71 bits per heavy atom. The van der Waals surface area contributed by atoms with Crippen LogP contribution in [0.4, 0.5) is 18.9 Å². The van der Waals surface area contributed by atoms with Crippen molar-refractivity contribution in [2.45, 2.75) is 43.3 Å². The number of amides is 2. The minimum Gasteiger partial charge on any atom is -0.493 e. The summed E-state index contributed by atoms with van der Waals surface area (Å²) in [7, 11) is -0.950. The third kappa shape index (κ3) is 11.3. The van der Waals surface area contributed by atoms with Gasteiger partial charge in [-0.3, -0.25) is 14.9 Å². The van der Waals surface area contributed by atoms with Gasteiger partial charge in [-0.25, -0.2) is 23.3 Å². The fourth-order valence-electron chi connectivity index (χ4n) is 3.80. The molecule has 2 aromatic rings. The second kappa shape index (κ2) is 15.7. The molecule has 0 saturated heterocycles. The molecule has 0 heterocycles. The normalized spacial score (nSPS) is 13.8. The van der Waals surface area contributed by atoms with Gasteiger partial charge in [0, 0.05) is 5.69 Å². The van der Waals surface area contributed by atoms with E-state index in [1.807, 2.05) is 18.2 Å². The molecule has 2 amide bonds. The zero-order valence-electron chi connectivity index (χ0n) is 24.3. The lowest BCUT2D eigenvalue weighted by Gasteiger charge is -2.19. The van der Waals surface area contributed by atoms with Gasteiger partial charge in [-0.2, -0.15) is 13.2 Å². The lowest BCUT2D eigenvalue weighted by Crippen LogP contribution is -2.40. The molecule has 0 radical (unpaired) electrons. The number of nitrogens with two attached hydrogens (primary N) is 2. The zero-order valence-corrected chi connectivity index (χ0v) is 25.2. The molecule has 17 heteroatoms. The molecule has 2 aromatic carbocycles. The largest absolute Gasteiger partial charge is 0.493 e. The summed E-state index contributed by atoms with van der Waals surface area (Å²) in [5.41, 5.74) is 8.27. The van der Waals surface area contributed by atoms with Crippen molar-refractivity contribution in [3.8, 4) is 11.5 Å². The van der Waals surface area contributed by atoms with Crippen LogP contribution in [-0.2, 0) is 30.8 Å². The molecule has 3 rings (SSSR count). The molecule has 0 bridgehead atoms. The van der Waals surface area contributed by atoms with Gasteiger partial charge in [0.15, 0.2) is 23.5 Å². The summed E-state index contributed by atoms with van der Waals surface area (Å²) in [6.45, 7) is 1.71. The number of carboxylic acid groups (broad SMARTS) is 1. The van der Waals surface area contributed by atoms with Crippen LogP contribution in [-0.4, -0.2) is 63.7 Å². The van der Waals surface area contributed by atoms with Crippen molar-refractivity contribution in [2.24, 2.45) is 15.9 Å². The summed E-state index contributed by atoms with van der Waals surface area (Å²) in [6.07, 6.45) is 1.70. The highest BCUT2D eigenvalue weighted by atomic mass is 32.2. The molecule has 1 aliphatic carbocycles. The number of primary sulfonamides is 1. The average Bonchev–Trinajstić information content (AvgIpc) is 2.96. The first-order valence-corrected chi connectivity index (χ1v) is 14.4. The van der Waals surface area contributed by atoms with Crippen molar-refractivity contribution >= 4 is 39.5 Å².